The number of hydrogen-bond acceptors (Lipinski definition) is 4. The summed E-state index contributed by atoms with van der Waals surface area (Å²) in [5.41, 5.74) is 3.95. The van der Waals surface area contributed by atoms with Crippen LogP contribution in [0.4, 0.5) is 0 Å². The normalized spacial score (nSPS) is 21.3. The Labute approximate surface area is 131 Å². The zero-order chi connectivity index (χ0) is 15.5. The van der Waals surface area contributed by atoms with Crippen LogP contribution in [0.3, 0.4) is 0 Å². The fourth-order valence-electron chi connectivity index (χ4n) is 2.44. The van der Waals surface area contributed by atoms with Gasteiger partial charge in [0.05, 0.1) is 14.2 Å². The highest BCUT2D eigenvalue weighted by Gasteiger charge is 2.39. The molecule has 0 amide bonds. The summed E-state index contributed by atoms with van der Waals surface area (Å²) in [7, 11) is 3.30. The summed E-state index contributed by atoms with van der Waals surface area (Å²) in [6.45, 7) is 5.10. The van der Waals surface area contributed by atoms with Gasteiger partial charge in [0.2, 0.25) is 0 Å². The van der Waals surface area contributed by atoms with E-state index in [4.69, 9.17) is 21.7 Å². The maximum Gasteiger partial charge on any atom is 0.185 e. The van der Waals surface area contributed by atoms with Gasteiger partial charge in [-0.15, -0.1) is 0 Å². The smallest absolute Gasteiger partial charge is 0.185 e. The first-order chi connectivity index (χ1) is 10.0. The number of nitrogens with zero attached hydrogens (tertiary/aromatic N) is 1. The topological polar surface area (TPSA) is 45.8 Å². The second kappa shape index (κ2) is 6.49. The lowest BCUT2D eigenvalue weighted by Gasteiger charge is -2.27. The van der Waals surface area contributed by atoms with Gasteiger partial charge in [0.25, 0.3) is 0 Å². The second-order valence-corrected chi connectivity index (χ2v) is 5.63. The van der Waals surface area contributed by atoms with Crippen molar-refractivity contribution in [3.8, 4) is 11.5 Å². The van der Waals surface area contributed by atoms with Crippen LogP contribution >= 0.6 is 12.2 Å². The van der Waals surface area contributed by atoms with E-state index in [2.05, 4.69) is 24.6 Å². The molecule has 0 saturated carbocycles. The summed E-state index contributed by atoms with van der Waals surface area (Å²) in [4.78, 5) is 0. The summed E-state index contributed by atoms with van der Waals surface area (Å²) >= 11 is 5.42. The first-order valence-corrected chi connectivity index (χ1v) is 7.55. The van der Waals surface area contributed by atoms with Gasteiger partial charge in [0.1, 0.15) is 17.2 Å². The number of hydrazine groups is 1. The zero-order valence-electron chi connectivity index (χ0n) is 13.0. The van der Waals surface area contributed by atoms with Crippen LogP contribution < -0.4 is 20.2 Å². The van der Waals surface area contributed by atoms with Crippen LogP contribution in [0.2, 0.25) is 0 Å². The third-order valence-corrected chi connectivity index (χ3v) is 3.97. The number of ether oxygens (including phenoxy) is 2. The van der Waals surface area contributed by atoms with E-state index in [1.54, 1.807) is 14.2 Å². The Morgan fingerprint density at radius 1 is 1.29 bits per heavy atom. The maximum absolute atomic E-state index is 5.50. The molecule has 2 rings (SSSR count). The maximum atomic E-state index is 5.50. The standard InChI is InChI=1S/C15H23N3O2S/c1-5-6-9-18-14(21)16-15(2,17-18)12-8-7-11(19-3)10-13(12)20-4/h7-8,10,17H,5-6,9H2,1-4H3,(H,16,21). The number of benzene rings is 1. The minimum Gasteiger partial charge on any atom is -0.497 e. The Bertz CT molecular complexity index is 524. The van der Waals surface area contributed by atoms with Gasteiger partial charge in [-0.25, -0.2) is 5.43 Å². The fourth-order valence-corrected chi connectivity index (χ4v) is 2.78. The quantitative estimate of drug-likeness (QED) is 0.787. The molecule has 6 heteroatoms. The van der Waals surface area contributed by atoms with Crippen molar-refractivity contribution in [2.45, 2.75) is 32.4 Å². The van der Waals surface area contributed by atoms with Crippen molar-refractivity contribution in [2.75, 3.05) is 20.8 Å². The molecule has 1 saturated heterocycles. The molecule has 1 unspecified atom stereocenters. The molecular weight excluding hydrogens is 286 g/mol. The highest BCUT2D eigenvalue weighted by Crippen LogP contribution is 2.33. The number of unbranched alkanes of at least 4 members (excludes halogenated alkanes) is 1. The molecule has 1 aromatic rings. The summed E-state index contributed by atoms with van der Waals surface area (Å²) in [6.07, 6.45) is 2.22. The fraction of sp³-hybridized carbons (Fsp3) is 0.533. The molecule has 116 valence electrons. The van der Waals surface area contributed by atoms with Crippen molar-refractivity contribution in [2.24, 2.45) is 0 Å². The molecule has 1 fully saturated rings. The van der Waals surface area contributed by atoms with Gasteiger partial charge in [0.15, 0.2) is 5.11 Å². The molecule has 1 heterocycles. The highest BCUT2D eigenvalue weighted by atomic mass is 32.1. The van der Waals surface area contributed by atoms with E-state index in [1.807, 2.05) is 23.2 Å². The average Bonchev–Trinajstić information content (AvgIpc) is 2.79. The monoisotopic (exact) mass is 309 g/mol. The van der Waals surface area contributed by atoms with Crippen LogP contribution in [-0.4, -0.2) is 30.9 Å². The van der Waals surface area contributed by atoms with Crippen LogP contribution in [0.25, 0.3) is 0 Å². The number of rotatable bonds is 6. The van der Waals surface area contributed by atoms with Crippen molar-refractivity contribution in [1.82, 2.24) is 15.8 Å². The van der Waals surface area contributed by atoms with Gasteiger partial charge < -0.3 is 14.8 Å². The van der Waals surface area contributed by atoms with E-state index in [0.29, 0.717) is 5.11 Å². The molecule has 0 spiro atoms. The zero-order valence-corrected chi connectivity index (χ0v) is 13.8. The first kappa shape index (κ1) is 15.9. The molecule has 1 atom stereocenters. The summed E-state index contributed by atoms with van der Waals surface area (Å²) < 4.78 is 10.7. The van der Waals surface area contributed by atoms with E-state index < -0.39 is 5.66 Å². The number of methoxy groups -OCH3 is 2. The average molecular weight is 309 g/mol. The Kier molecular flexibility index (Phi) is 4.90. The number of thiocarbonyl (C=S) groups is 1. The van der Waals surface area contributed by atoms with Gasteiger partial charge in [-0.1, -0.05) is 13.3 Å². The van der Waals surface area contributed by atoms with Gasteiger partial charge in [-0.05, 0) is 37.7 Å². The molecule has 2 N–H and O–H groups in total. The third-order valence-electron chi connectivity index (χ3n) is 3.64. The summed E-state index contributed by atoms with van der Waals surface area (Å²) in [6, 6.07) is 5.79. The SMILES string of the molecule is CCCCN1NC(C)(c2ccc(OC)cc2OC)NC1=S. The van der Waals surface area contributed by atoms with Crippen LogP contribution in [0.5, 0.6) is 11.5 Å². The largest absolute Gasteiger partial charge is 0.497 e. The van der Waals surface area contributed by atoms with Gasteiger partial charge in [0, 0.05) is 18.2 Å². The Morgan fingerprint density at radius 2 is 2.05 bits per heavy atom. The molecule has 5 nitrogen and oxygen atoms in total. The van der Waals surface area contributed by atoms with Gasteiger partial charge >= 0.3 is 0 Å². The van der Waals surface area contributed by atoms with Gasteiger partial charge in [-0.2, -0.15) is 0 Å². The first-order valence-electron chi connectivity index (χ1n) is 7.14. The molecule has 0 aromatic heterocycles. The third kappa shape index (κ3) is 3.22. The predicted octanol–water partition coefficient (Wildman–Crippen LogP) is 2.37. The van der Waals surface area contributed by atoms with Crippen LogP contribution in [0.15, 0.2) is 18.2 Å². The molecule has 1 aromatic carbocycles. The van der Waals surface area contributed by atoms with Crippen molar-refractivity contribution < 1.29 is 9.47 Å². The summed E-state index contributed by atoms with van der Waals surface area (Å²) in [5, 5.41) is 6.04. The minimum atomic E-state index is -0.484. The van der Waals surface area contributed by atoms with E-state index in [1.165, 1.54) is 0 Å². The minimum absolute atomic E-state index is 0.484. The van der Waals surface area contributed by atoms with Crippen molar-refractivity contribution in [3.05, 3.63) is 23.8 Å². The number of nitrogens with one attached hydrogen (secondary N) is 2. The second-order valence-electron chi connectivity index (χ2n) is 5.24. The van der Waals surface area contributed by atoms with Crippen LogP contribution in [0, 0.1) is 0 Å². The van der Waals surface area contributed by atoms with Crippen molar-refractivity contribution in [3.63, 3.8) is 0 Å². The van der Waals surface area contributed by atoms with Crippen LogP contribution in [0.1, 0.15) is 32.3 Å². The Morgan fingerprint density at radius 3 is 2.67 bits per heavy atom. The van der Waals surface area contributed by atoms with Gasteiger partial charge in [-0.3, -0.25) is 5.01 Å². The molecule has 0 bridgehead atoms. The molecule has 21 heavy (non-hydrogen) atoms. The predicted molar refractivity (Wildman–Crippen MR) is 87.4 cm³/mol. The lowest BCUT2D eigenvalue weighted by atomic mass is 10.0. The molecule has 1 aliphatic rings. The Hall–Kier alpha value is -1.53. The highest BCUT2D eigenvalue weighted by molar-refractivity contribution is 7.80. The van der Waals surface area contributed by atoms with E-state index >= 15 is 0 Å². The lowest BCUT2D eigenvalue weighted by molar-refractivity contribution is 0.227. The molecular formula is C15H23N3O2S. The summed E-state index contributed by atoms with van der Waals surface area (Å²) in [5.74, 6) is 1.53. The van der Waals surface area contributed by atoms with E-state index in [-0.39, 0.29) is 0 Å². The molecule has 0 aliphatic carbocycles. The van der Waals surface area contributed by atoms with Crippen molar-refractivity contribution in [1.29, 1.82) is 0 Å². The van der Waals surface area contributed by atoms with Crippen LogP contribution in [-0.2, 0) is 5.66 Å². The molecule has 1 aliphatic heterocycles. The lowest BCUT2D eigenvalue weighted by Crippen LogP contribution is -2.46. The Balaban J connectivity index is 2.26. The van der Waals surface area contributed by atoms with E-state index in [0.717, 1.165) is 36.4 Å². The van der Waals surface area contributed by atoms with Crippen molar-refractivity contribution >= 4 is 17.3 Å². The molecule has 0 radical (unpaired) electrons. The number of hydrogen-bond donors (Lipinski definition) is 2. The van der Waals surface area contributed by atoms with E-state index in [9.17, 15) is 0 Å².